The highest BCUT2D eigenvalue weighted by Gasteiger charge is 2.29. The topological polar surface area (TPSA) is 116 Å². The number of H-pyrrole nitrogens is 1. The van der Waals surface area contributed by atoms with Gasteiger partial charge in [0.2, 0.25) is 11.9 Å². The lowest BCUT2D eigenvalue weighted by Gasteiger charge is -2.24. The summed E-state index contributed by atoms with van der Waals surface area (Å²) in [5, 5.41) is 13.1. The van der Waals surface area contributed by atoms with E-state index in [0.717, 1.165) is 30.7 Å². The van der Waals surface area contributed by atoms with Crippen molar-refractivity contribution < 1.29 is 4.79 Å². The Bertz CT molecular complexity index is 1460. The second-order valence-corrected chi connectivity index (χ2v) is 8.30. The highest BCUT2D eigenvalue weighted by molar-refractivity contribution is 6.03. The standard InChI is InChI=1S/C25H23N9O/c35-23(27-17-8-2-1-3-9-17)19-16-21(32-31-19)28-24-30-25(29-22-12-7-15-34(22)24)33-14-6-11-20(33)18-10-4-5-13-26-18/h1-5,7-10,12-13,15-16,20H,6,11,14H2,(H,27,35)(H2,28,29,30,31,32). The zero-order chi connectivity index (χ0) is 23.6. The molecular weight excluding hydrogens is 442 g/mol. The summed E-state index contributed by atoms with van der Waals surface area (Å²) in [5.41, 5.74) is 2.83. The molecule has 0 bridgehead atoms. The van der Waals surface area contributed by atoms with Gasteiger partial charge < -0.3 is 15.5 Å². The van der Waals surface area contributed by atoms with Gasteiger partial charge in [0, 0.05) is 30.7 Å². The normalized spacial score (nSPS) is 15.4. The Labute approximate surface area is 201 Å². The first-order chi connectivity index (χ1) is 17.2. The van der Waals surface area contributed by atoms with Crippen LogP contribution in [0.25, 0.3) is 5.65 Å². The van der Waals surface area contributed by atoms with E-state index in [0.29, 0.717) is 29.1 Å². The van der Waals surface area contributed by atoms with Crippen molar-refractivity contribution >= 4 is 35.0 Å². The minimum absolute atomic E-state index is 0.125. The number of benzene rings is 1. The van der Waals surface area contributed by atoms with Crippen LogP contribution in [0.5, 0.6) is 0 Å². The van der Waals surface area contributed by atoms with Crippen molar-refractivity contribution in [2.45, 2.75) is 18.9 Å². The van der Waals surface area contributed by atoms with Crippen LogP contribution in [0.2, 0.25) is 0 Å². The molecule has 5 heterocycles. The van der Waals surface area contributed by atoms with Crippen LogP contribution in [0.4, 0.5) is 23.4 Å². The van der Waals surface area contributed by atoms with Gasteiger partial charge in [0.1, 0.15) is 11.3 Å². The van der Waals surface area contributed by atoms with E-state index in [9.17, 15) is 4.79 Å². The van der Waals surface area contributed by atoms with Crippen molar-refractivity contribution in [2.75, 3.05) is 22.1 Å². The number of nitrogens with one attached hydrogen (secondary N) is 3. The number of aromatic amines is 1. The molecule has 174 valence electrons. The van der Waals surface area contributed by atoms with E-state index in [-0.39, 0.29) is 11.9 Å². The van der Waals surface area contributed by atoms with Gasteiger partial charge in [0.15, 0.2) is 5.82 Å². The van der Waals surface area contributed by atoms with Gasteiger partial charge in [-0.1, -0.05) is 24.3 Å². The third-order valence-corrected chi connectivity index (χ3v) is 6.01. The van der Waals surface area contributed by atoms with Crippen LogP contribution in [0, 0.1) is 0 Å². The number of para-hydroxylation sites is 1. The van der Waals surface area contributed by atoms with Gasteiger partial charge in [-0.05, 0) is 49.2 Å². The Kier molecular flexibility index (Phi) is 5.30. The molecule has 10 nitrogen and oxygen atoms in total. The number of rotatable bonds is 6. The molecule has 1 unspecified atom stereocenters. The third kappa shape index (κ3) is 4.17. The molecule has 0 saturated carbocycles. The first kappa shape index (κ1) is 20.8. The molecule has 6 rings (SSSR count). The second-order valence-electron chi connectivity index (χ2n) is 8.30. The lowest BCUT2D eigenvalue weighted by molar-refractivity contribution is 0.102. The minimum Gasteiger partial charge on any atom is -0.332 e. The number of nitrogens with zero attached hydrogens (tertiary/aromatic N) is 6. The van der Waals surface area contributed by atoms with Crippen molar-refractivity contribution in [1.29, 1.82) is 0 Å². The van der Waals surface area contributed by atoms with Crippen LogP contribution in [0.15, 0.2) is 79.1 Å². The van der Waals surface area contributed by atoms with Crippen LogP contribution in [-0.4, -0.2) is 42.0 Å². The van der Waals surface area contributed by atoms with E-state index >= 15 is 0 Å². The summed E-state index contributed by atoms with van der Waals surface area (Å²) >= 11 is 0. The van der Waals surface area contributed by atoms with E-state index in [4.69, 9.17) is 9.97 Å². The molecule has 1 fully saturated rings. The lowest BCUT2D eigenvalue weighted by Crippen LogP contribution is -2.26. The molecule has 0 aliphatic carbocycles. The Morgan fingerprint density at radius 1 is 1.03 bits per heavy atom. The molecule has 4 aromatic heterocycles. The fraction of sp³-hybridized carbons (Fsp3) is 0.160. The average Bonchev–Trinajstić information content (AvgIpc) is 3.66. The summed E-state index contributed by atoms with van der Waals surface area (Å²) in [7, 11) is 0. The molecule has 1 saturated heterocycles. The molecule has 1 atom stereocenters. The maximum Gasteiger partial charge on any atom is 0.273 e. The van der Waals surface area contributed by atoms with E-state index in [1.807, 2.05) is 77.5 Å². The molecule has 3 N–H and O–H groups in total. The van der Waals surface area contributed by atoms with Crippen LogP contribution in [0.3, 0.4) is 0 Å². The monoisotopic (exact) mass is 465 g/mol. The highest BCUT2D eigenvalue weighted by Crippen LogP contribution is 2.34. The van der Waals surface area contributed by atoms with Gasteiger partial charge in [0.25, 0.3) is 5.91 Å². The number of aromatic nitrogens is 6. The average molecular weight is 466 g/mol. The highest BCUT2D eigenvalue weighted by atomic mass is 16.1. The Balaban J connectivity index is 1.27. The molecule has 1 aliphatic rings. The van der Waals surface area contributed by atoms with Gasteiger partial charge in [-0.2, -0.15) is 15.1 Å². The van der Waals surface area contributed by atoms with Gasteiger partial charge in [-0.3, -0.25) is 19.3 Å². The molecule has 0 spiro atoms. The molecule has 10 heteroatoms. The molecule has 35 heavy (non-hydrogen) atoms. The van der Waals surface area contributed by atoms with Crippen LogP contribution < -0.4 is 15.5 Å². The number of pyridine rings is 1. The molecular formula is C25H23N9O. The van der Waals surface area contributed by atoms with Gasteiger partial charge >= 0.3 is 0 Å². The van der Waals surface area contributed by atoms with E-state index in [1.54, 1.807) is 6.07 Å². The molecule has 0 radical (unpaired) electrons. The fourth-order valence-corrected chi connectivity index (χ4v) is 4.36. The molecule has 1 aromatic carbocycles. The fourth-order valence-electron chi connectivity index (χ4n) is 4.36. The predicted molar refractivity (Wildman–Crippen MR) is 133 cm³/mol. The number of amides is 1. The van der Waals surface area contributed by atoms with Gasteiger partial charge in [-0.15, -0.1) is 0 Å². The molecule has 5 aromatic rings. The summed E-state index contributed by atoms with van der Waals surface area (Å²) in [6.45, 7) is 0.851. The van der Waals surface area contributed by atoms with E-state index in [1.165, 1.54) is 0 Å². The number of hydrogen-bond donors (Lipinski definition) is 3. The number of anilines is 4. The largest absolute Gasteiger partial charge is 0.332 e. The van der Waals surface area contributed by atoms with Crippen LogP contribution in [0.1, 0.15) is 35.1 Å². The number of carbonyl (C=O) groups excluding carboxylic acids is 1. The van der Waals surface area contributed by atoms with Crippen molar-refractivity contribution in [3.63, 3.8) is 0 Å². The zero-order valence-electron chi connectivity index (χ0n) is 18.8. The lowest BCUT2D eigenvalue weighted by atomic mass is 10.1. The van der Waals surface area contributed by atoms with Crippen molar-refractivity contribution in [1.82, 2.24) is 29.5 Å². The quantitative estimate of drug-likeness (QED) is 0.344. The minimum atomic E-state index is -0.276. The molecule has 1 amide bonds. The van der Waals surface area contributed by atoms with Crippen molar-refractivity contribution in [3.05, 3.63) is 90.5 Å². The number of carbonyl (C=O) groups is 1. The summed E-state index contributed by atoms with van der Waals surface area (Å²) in [6.07, 6.45) is 5.74. The van der Waals surface area contributed by atoms with Crippen LogP contribution >= 0.6 is 0 Å². The van der Waals surface area contributed by atoms with Gasteiger partial charge in [-0.25, -0.2) is 0 Å². The SMILES string of the molecule is O=C(Nc1ccccc1)c1cc(Nc2nc(N3CCCC3c3ccccn3)nc3cccn23)n[nH]1. The third-order valence-electron chi connectivity index (χ3n) is 6.01. The molecule has 1 aliphatic heterocycles. The number of hydrogen-bond acceptors (Lipinski definition) is 7. The first-order valence-electron chi connectivity index (χ1n) is 11.5. The maximum absolute atomic E-state index is 12.6. The first-order valence-corrected chi connectivity index (χ1v) is 11.5. The Morgan fingerprint density at radius 3 is 2.77 bits per heavy atom. The summed E-state index contributed by atoms with van der Waals surface area (Å²) in [5.74, 6) is 1.39. The summed E-state index contributed by atoms with van der Waals surface area (Å²) in [6, 6.07) is 20.9. The Morgan fingerprint density at radius 2 is 1.91 bits per heavy atom. The van der Waals surface area contributed by atoms with Crippen LogP contribution in [-0.2, 0) is 0 Å². The Hall–Kier alpha value is -4.73. The van der Waals surface area contributed by atoms with E-state index in [2.05, 4.69) is 30.7 Å². The van der Waals surface area contributed by atoms with E-state index < -0.39 is 0 Å². The zero-order valence-corrected chi connectivity index (χ0v) is 18.8. The summed E-state index contributed by atoms with van der Waals surface area (Å²) in [4.78, 5) is 29.0. The smallest absolute Gasteiger partial charge is 0.273 e. The second kappa shape index (κ2) is 8.90. The van der Waals surface area contributed by atoms with Crippen molar-refractivity contribution in [3.8, 4) is 0 Å². The maximum atomic E-state index is 12.6. The predicted octanol–water partition coefficient (Wildman–Crippen LogP) is 4.18. The summed E-state index contributed by atoms with van der Waals surface area (Å²) < 4.78 is 1.85. The number of fused-ring (bicyclic) bond motifs is 1. The van der Waals surface area contributed by atoms with Gasteiger partial charge in [0.05, 0.1) is 11.7 Å². The van der Waals surface area contributed by atoms with Crippen molar-refractivity contribution in [2.24, 2.45) is 0 Å².